The van der Waals surface area contributed by atoms with Crippen molar-refractivity contribution >= 4 is 17.4 Å². The van der Waals surface area contributed by atoms with Crippen LogP contribution in [0.5, 0.6) is 0 Å². The highest BCUT2D eigenvalue weighted by Gasteiger charge is 2.22. The molecule has 32 heavy (non-hydrogen) atoms. The van der Waals surface area contributed by atoms with Gasteiger partial charge in [0.15, 0.2) is 11.0 Å². The number of hydrogen-bond acceptors (Lipinski definition) is 6. The van der Waals surface area contributed by atoms with Crippen LogP contribution in [-0.4, -0.2) is 36.9 Å². The van der Waals surface area contributed by atoms with E-state index in [0.717, 1.165) is 30.6 Å². The zero-order valence-corrected chi connectivity index (χ0v) is 18.4. The molecule has 0 aliphatic carbocycles. The lowest BCUT2D eigenvalue weighted by Crippen LogP contribution is -2.17. The molecule has 1 fully saturated rings. The molecule has 0 amide bonds. The third-order valence-corrected chi connectivity index (χ3v) is 6.52. The van der Waals surface area contributed by atoms with Crippen LogP contribution >= 0.6 is 11.8 Å². The van der Waals surface area contributed by atoms with Gasteiger partial charge in [0.25, 0.3) is 5.56 Å². The molecule has 0 radical (unpaired) electrons. The first-order valence-corrected chi connectivity index (χ1v) is 11.5. The zero-order valence-electron chi connectivity index (χ0n) is 17.6. The second kappa shape index (κ2) is 8.84. The van der Waals surface area contributed by atoms with Crippen molar-refractivity contribution in [2.75, 3.05) is 6.61 Å². The number of halogens is 1. The number of aromatic nitrogens is 5. The van der Waals surface area contributed by atoms with Crippen LogP contribution in [0.3, 0.4) is 0 Å². The molecule has 0 N–H and O–H groups in total. The van der Waals surface area contributed by atoms with Gasteiger partial charge in [-0.1, -0.05) is 17.8 Å². The van der Waals surface area contributed by atoms with Crippen LogP contribution in [0.4, 0.5) is 4.39 Å². The van der Waals surface area contributed by atoms with Crippen LogP contribution in [-0.2, 0) is 17.0 Å². The first-order chi connectivity index (χ1) is 15.6. The summed E-state index contributed by atoms with van der Waals surface area (Å²) in [6.07, 6.45) is 3.83. The van der Waals surface area contributed by atoms with E-state index in [0.29, 0.717) is 34.6 Å². The van der Waals surface area contributed by atoms with E-state index >= 15 is 0 Å². The van der Waals surface area contributed by atoms with E-state index in [9.17, 15) is 9.18 Å². The molecule has 0 bridgehead atoms. The Bertz CT molecular complexity index is 1310. The molecule has 9 heteroatoms. The number of fused-ring (bicyclic) bond motifs is 1. The van der Waals surface area contributed by atoms with Crippen molar-refractivity contribution in [1.82, 2.24) is 24.1 Å². The number of aryl methyl sites for hydroxylation is 1. The topological polar surface area (TPSA) is 74.3 Å². The third-order valence-electron chi connectivity index (χ3n) is 5.52. The van der Waals surface area contributed by atoms with Crippen LogP contribution in [0, 0.1) is 12.7 Å². The Morgan fingerprint density at radius 3 is 2.84 bits per heavy atom. The van der Waals surface area contributed by atoms with Crippen LogP contribution in [0.1, 0.15) is 24.1 Å². The molecule has 1 saturated heterocycles. The van der Waals surface area contributed by atoms with Gasteiger partial charge in [0.05, 0.1) is 18.3 Å². The molecule has 4 heterocycles. The van der Waals surface area contributed by atoms with E-state index < -0.39 is 0 Å². The second-order valence-corrected chi connectivity index (χ2v) is 8.76. The minimum absolute atomic E-state index is 0.0932. The smallest absolute Gasteiger partial charge is 0.258 e. The Labute approximate surface area is 188 Å². The van der Waals surface area contributed by atoms with Gasteiger partial charge in [-0.05, 0) is 55.7 Å². The van der Waals surface area contributed by atoms with Gasteiger partial charge in [-0.3, -0.25) is 13.8 Å². The number of benzene rings is 1. The Balaban J connectivity index is 1.45. The fourth-order valence-corrected chi connectivity index (χ4v) is 4.73. The van der Waals surface area contributed by atoms with Gasteiger partial charge < -0.3 is 4.74 Å². The van der Waals surface area contributed by atoms with Gasteiger partial charge in [0.2, 0.25) is 0 Å². The number of rotatable bonds is 6. The van der Waals surface area contributed by atoms with Crippen molar-refractivity contribution in [2.24, 2.45) is 0 Å². The molecule has 1 aromatic carbocycles. The fourth-order valence-electron chi connectivity index (χ4n) is 3.89. The molecular formula is C23H22FN5O2S. The Hall–Kier alpha value is -3.04. The van der Waals surface area contributed by atoms with Crippen molar-refractivity contribution in [2.45, 2.75) is 43.3 Å². The summed E-state index contributed by atoms with van der Waals surface area (Å²) < 4.78 is 22.8. The number of ether oxygens (including phenoxy) is 1. The quantitative estimate of drug-likeness (QED) is 0.414. The number of thioether (sulfide) groups is 1. The summed E-state index contributed by atoms with van der Waals surface area (Å²) in [5.41, 5.74) is 2.97. The summed E-state index contributed by atoms with van der Waals surface area (Å²) in [7, 11) is 0. The van der Waals surface area contributed by atoms with Crippen LogP contribution in [0.25, 0.3) is 17.0 Å². The van der Waals surface area contributed by atoms with Crippen molar-refractivity contribution in [3.63, 3.8) is 0 Å². The minimum atomic E-state index is -0.294. The normalized spacial score (nSPS) is 16.1. The van der Waals surface area contributed by atoms with E-state index in [4.69, 9.17) is 4.74 Å². The molecule has 3 aromatic heterocycles. The molecule has 4 aromatic rings. The maximum atomic E-state index is 13.4. The molecule has 0 spiro atoms. The second-order valence-electron chi connectivity index (χ2n) is 7.82. The van der Waals surface area contributed by atoms with Gasteiger partial charge in [-0.25, -0.2) is 9.37 Å². The van der Waals surface area contributed by atoms with E-state index in [2.05, 4.69) is 15.2 Å². The van der Waals surface area contributed by atoms with Crippen LogP contribution in [0.2, 0.25) is 0 Å². The number of pyridine rings is 1. The molecule has 1 aliphatic heterocycles. The van der Waals surface area contributed by atoms with E-state index in [1.807, 2.05) is 23.6 Å². The Morgan fingerprint density at radius 1 is 1.22 bits per heavy atom. The molecule has 164 valence electrons. The molecule has 1 atom stereocenters. The van der Waals surface area contributed by atoms with Gasteiger partial charge in [-0.2, -0.15) is 0 Å². The lowest BCUT2D eigenvalue weighted by molar-refractivity contribution is 0.0953. The van der Waals surface area contributed by atoms with E-state index in [1.165, 1.54) is 23.9 Å². The first kappa shape index (κ1) is 20.8. The average molecular weight is 452 g/mol. The van der Waals surface area contributed by atoms with Gasteiger partial charge in [0.1, 0.15) is 11.5 Å². The lowest BCUT2D eigenvalue weighted by atomic mass is 10.2. The van der Waals surface area contributed by atoms with Crippen molar-refractivity contribution in [3.05, 3.63) is 76.1 Å². The van der Waals surface area contributed by atoms with Crippen LogP contribution in [0.15, 0.2) is 58.6 Å². The Morgan fingerprint density at radius 2 is 2.06 bits per heavy atom. The largest absolute Gasteiger partial charge is 0.376 e. The summed E-state index contributed by atoms with van der Waals surface area (Å²) in [5.74, 6) is 0.857. The Kier molecular flexibility index (Phi) is 5.75. The highest BCUT2D eigenvalue weighted by atomic mass is 32.2. The number of nitrogens with zero attached hydrogens (tertiary/aromatic N) is 5. The van der Waals surface area contributed by atoms with Crippen LogP contribution < -0.4 is 5.56 Å². The highest BCUT2D eigenvalue weighted by molar-refractivity contribution is 7.98. The van der Waals surface area contributed by atoms with Crippen molar-refractivity contribution in [1.29, 1.82) is 0 Å². The lowest BCUT2D eigenvalue weighted by Gasteiger charge is -2.14. The zero-order chi connectivity index (χ0) is 22.1. The van der Waals surface area contributed by atoms with E-state index in [-0.39, 0.29) is 17.5 Å². The fraction of sp³-hybridized carbons (Fsp3) is 0.304. The summed E-state index contributed by atoms with van der Waals surface area (Å²) in [4.78, 5) is 17.2. The molecule has 7 nitrogen and oxygen atoms in total. The summed E-state index contributed by atoms with van der Waals surface area (Å²) >= 11 is 1.47. The summed E-state index contributed by atoms with van der Waals surface area (Å²) in [5, 5.41) is 9.48. The van der Waals surface area contributed by atoms with Crippen molar-refractivity contribution in [3.8, 4) is 11.4 Å². The van der Waals surface area contributed by atoms with Crippen molar-refractivity contribution < 1.29 is 9.13 Å². The molecular weight excluding hydrogens is 429 g/mol. The van der Waals surface area contributed by atoms with Gasteiger partial charge in [0, 0.05) is 30.2 Å². The predicted molar refractivity (Wildman–Crippen MR) is 120 cm³/mol. The minimum Gasteiger partial charge on any atom is -0.376 e. The van der Waals surface area contributed by atoms with Gasteiger partial charge >= 0.3 is 0 Å². The van der Waals surface area contributed by atoms with Gasteiger partial charge in [-0.15, -0.1) is 10.2 Å². The SMILES string of the molecule is Cc1cccn2c(=O)cc(CSc3nnc(-c4ccc(F)cc4)n3CC3CCCO3)nc12. The maximum absolute atomic E-state index is 13.4. The number of hydrogen-bond donors (Lipinski definition) is 0. The average Bonchev–Trinajstić information content (AvgIpc) is 3.44. The standard InChI is InChI=1S/C23H22FN5O2S/c1-15-4-2-10-28-20(30)12-18(25-21(15)28)14-32-23-27-26-22(16-6-8-17(24)9-7-16)29(23)13-19-5-3-11-31-19/h2,4,6-10,12,19H,3,5,11,13-14H2,1H3. The predicted octanol–water partition coefficient (Wildman–Crippen LogP) is 3.87. The highest BCUT2D eigenvalue weighted by Crippen LogP contribution is 2.28. The third kappa shape index (κ3) is 4.18. The summed E-state index contributed by atoms with van der Waals surface area (Å²) in [6.45, 7) is 3.31. The molecule has 1 unspecified atom stereocenters. The molecule has 0 saturated carbocycles. The monoisotopic (exact) mass is 451 g/mol. The summed E-state index contributed by atoms with van der Waals surface area (Å²) in [6, 6.07) is 11.6. The van der Waals surface area contributed by atoms with E-state index in [1.54, 1.807) is 28.8 Å². The first-order valence-electron chi connectivity index (χ1n) is 10.5. The molecule has 5 rings (SSSR count). The molecule has 1 aliphatic rings. The maximum Gasteiger partial charge on any atom is 0.258 e.